The molecule has 0 atom stereocenters. The first-order valence-corrected chi connectivity index (χ1v) is 5.01. The second-order valence-corrected chi connectivity index (χ2v) is 3.70. The lowest BCUT2D eigenvalue weighted by molar-refractivity contribution is -0.141. The van der Waals surface area contributed by atoms with Gasteiger partial charge in [0.2, 0.25) is 0 Å². The summed E-state index contributed by atoms with van der Waals surface area (Å²) in [7, 11) is 0. The Morgan fingerprint density at radius 2 is 1.94 bits per heavy atom. The molecule has 2 nitrogen and oxygen atoms in total. The van der Waals surface area contributed by atoms with Crippen molar-refractivity contribution in [2.24, 2.45) is 5.73 Å². The van der Waals surface area contributed by atoms with Gasteiger partial charge in [0.15, 0.2) is 0 Å². The van der Waals surface area contributed by atoms with Crippen molar-refractivity contribution in [3.05, 3.63) is 35.3 Å². The Labute approximate surface area is 94.4 Å². The van der Waals surface area contributed by atoms with Gasteiger partial charge in [-0.15, -0.1) is 0 Å². The van der Waals surface area contributed by atoms with Crippen LogP contribution in [0.2, 0.25) is 0 Å². The minimum Gasteiger partial charge on any atom is -0.351 e. The Morgan fingerprint density at radius 3 is 2.53 bits per heavy atom. The lowest BCUT2D eigenvalue weighted by atomic mass is 10.1. The molecule has 1 heterocycles. The SMILES string of the molecule is NCCc1c(C(F)(F)F)[nH]c2cc(F)ccc12. The first-order chi connectivity index (χ1) is 7.93. The summed E-state index contributed by atoms with van der Waals surface area (Å²) in [4.78, 5) is 2.21. The van der Waals surface area contributed by atoms with E-state index in [0.29, 0.717) is 5.39 Å². The van der Waals surface area contributed by atoms with E-state index in [0.717, 1.165) is 12.1 Å². The molecule has 0 aliphatic rings. The largest absolute Gasteiger partial charge is 0.431 e. The number of aromatic amines is 1. The van der Waals surface area contributed by atoms with E-state index < -0.39 is 17.7 Å². The zero-order valence-electron chi connectivity index (χ0n) is 8.74. The summed E-state index contributed by atoms with van der Waals surface area (Å²) in [6.07, 6.45) is -4.39. The highest BCUT2D eigenvalue weighted by molar-refractivity contribution is 5.85. The zero-order valence-corrected chi connectivity index (χ0v) is 8.74. The quantitative estimate of drug-likeness (QED) is 0.786. The molecule has 6 heteroatoms. The van der Waals surface area contributed by atoms with Gasteiger partial charge in [-0.3, -0.25) is 0 Å². The Bertz CT molecular complexity index is 542. The molecule has 2 aromatic rings. The number of nitrogens with two attached hydrogens (primary N) is 1. The molecule has 0 fully saturated rings. The average Bonchev–Trinajstić information content (AvgIpc) is 2.56. The first-order valence-electron chi connectivity index (χ1n) is 5.01. The van der Waals surface area contributed by atoms with Gasteiger partial charge >= 0.3 is 6.18 Å². The molecule has 2 rings (SSSR count). The van der Waals surface area contributed by atoms with Crippen molar-refractivity contribution in [3.63, 3.8) is 0 Å². The second-order valence-electron chi connectivity index (χ2n) is 3.70. The standard InChI is InChI=1S/C11H10F4N2/c12-6-1-2-7-8(3-4-16)10(11(13,14)15)17-9(7)5-6/h1-2,5,17H,3-4,16H2. The number of rotatable bonds is 2. The summed E-state index contributed by atoms with van der Waals surface area (Å²) in [5.74, 6) is -0.577. The van der Waals surface area contributed by atoms with Crippen molar-refractivity contribution in [2.45, 2.75) is 12.6 Å². The molecule has 92 valence electrons. The summed E-state index contributed by atoms with van der Waals surface area (Å²) in [6.45, 7) is 0.105. The fourth-order valence-electron chi connectivity index (χ4n) is 1.87. The molecule has 3 N–H and O–H groups in total. The Morgan fingerprint density at radius 1 is 1.24 bits per heavy atom. The minimum absolute atomic E-state index is 0.0926. The highest BCUT2D eigenvalue weighted by Gasteiger charge is 2.36. The number of nitrogens with one attached hydrogen (secondary N) is 1. The van der Waals surface area contributed by atoms with Crippen molar-refractivity contribution in [2.75, 3.05) is 6.54 Å². The maximum absolute atomic E-state index is 12.9. The van der Waals surface area contributed by atoms with E-state index in [2.05, 4.69) is 4.98 Å². The molecule has 0 unspecified atom stereocenters. The summed E-state index contributed by atoms with van der Waals surface area (Å²) in [5, 5.41) is 0.365. The molecular formula is C11H10F4N2. The van der Waals surface area contributed by atoms with Crippen molar-refractivity contribution < 1.29 is 17.6 Å². The Balaban J connectivity index is 2.70. The number of aromatic nitrogens is 1. The van der Waals surface area contributed by atoms with E-state index >= 15 is 0 Å². The highest BCUT2D eigenvalue weighted by atomic mass is 19.4. The monoisotopic (exact) mass is 246 g/mol. The number of halogens is 4. The van der Waals surface area contributed by atoms with Crippen LogP contribution in [0.1, 0.15) is 11.3 Å². The van der Waals surface area contributed by atoms with Gasteiger partial charge in [0.1, 0.15) is 11.5 Å². The summed E-state index contributed by atoms with van der Waals surface area (Å²) in [6, 6.07) is 3.52. The number of hydrogen-bond donors (Lipinski definition) is 2. The number of alkyl halides is 3. The molecule has 0 saturated carbocycles. The smallest absolute Gasteiger partial charge is 0.351 e. The minimum atomic E-state index is -4.49. The van der Waals surface area contributed by atoms with Crippen LogP contribution in [0.4, 0.5) is 17.6 Å². The van der Waals surface area contributed by atoms with E-state index in [1.807, 2.05) is 0 Å². The van der Waals surface area contributed by atoms with Gasteiger partial charge in [-0.2, -0.15) is 13.2 Å². The molecule has 0 aliphatic carbocycles. The molecule has 0 saturated heterocycles. The van der Waals surface area contributed by atoms with Crippen molar-refractivity contribution >= 4 is 10.9 Å². The maximum atomic E-state index is 12.9. The van der Waals surface area contributed by atoms with Gasteiger partial charge in [0.05, 0.1) is 0 Å². The number of hydrogen-bond acceptors (Lipinski definition) is 1. The van der Waals surface area contributed by atoms with E-state index in [4.69, 9.17) is 5.73 Å². The van der Waals surface area contributed by atoms with Crippen LogP contribution >= 0.6 is 0 Å². The number of H-pyrrole nitrogens is 1. The highest BCUT2D eigenvalue weighted by Crippen LogP contribution is 2.35. The van der Waals surface area contributed by atoms with Crippen LogP contribution in [0.15, 0.2) is 18.2 Å². The third-order valence-corrected chi connectivity index (χ3v) is 2.55. The topological polar surface area (TPSA) is 41.8 Å². The molecule has 0 amide bonds. The molecule has 1 aromatic carbocycles. The summed E-state index contributed by atoms with van der Waals surface area (Å²) >= 11 is 0. The Hall–Kier alpha value is -1.56. The van der Waals surface area contributed by atoms with Gasteiger partial charge in [-0.05, 0) is 36.7 Å². The first kappa shape index (κ1) is 11.9. The fourth-order valence-corrected chi connectivity index (χ4v) is 1.87. The number of fused-ring (bicyclic) bond motifs is 1. The average molecular weight is 246 g/mol. The molecule has 0 aliphatic heterocycles. The molecule has 0 spiro atoms. The lowest BCUT2D eigenvalue weighted by Crippen LogP contribution is -2.11. The molecule has 0 bridgehead atoms. The summed E-state index contributed by atoms with van der Waals surface area (Å²) < 4.78 is 51.2. The lowest BCUT2D eigenvalue weighted by Gasteiger charge is -2.07. The molecule has 17 heavy (non-hydrogen) atoms. The van der Waals surface area contributed by atoms with Gasteiger partial charge in [0.25, 0.3) is 0 Å². The van der Waals surface area contributed by atoms with Crippen molar-refractivity contribution in [3.8, 4) is 0 Å². The number of benzene rings is 1. The second kappa shape index (κ2) is 4.03. The normalized spacial score (nSPS) is 12.3. The van der Waals surface area contributed by atoms with Crippen LogP contribution < -0.4 is 5.73 Å². The maximum Gasteiger partial charge on any atom is 0.431 e. The zero-order chi connectivity index (χ0) is 12.6. The van der Waals surface area contributed by atoms with Crippen LogP contribution in [0, 0.1) is 5.82 Å². The van der Waals surface area contributed by atoms with E-state index in [9.17, 15) is 17.6 Å². The fraction of sp³-hybridized carbons (Fsp3) is 0.273. The van der Waals surface area contributed by atoms with Gasteiger partial charge in [0, 0.05) is 10.9 Å². The Kier molecular flexibility index (Phi) is 2.82. The van der Waals surface area contributed by atoms with E-state index in [1.165, 1.54) is 6.07 Å². The van der Waals surface area contributed by atoms with E-state index in [-0.39, 0.29) is 24.0 Å². The van der Waals surface area contributed by atoms with Crippen LogP contribution in [0.3, 0.4) is 0 Å². The molecule has 1 aromatic heterocycles. The summed E-state index contributed by atoms with van der Waals surface area (Å²) in [5.41, 5.74) is 4.69. The molecule has 0 radical (unpaired) electrons. The van der Waals surface area contributed by atoms with Crippen LogP contribution in [-0.4, -0.2) is 11.5 Å². The predicted molar refractivity (Wildman–Crippen MR) is 56.0 cm³/mol. The van der Waals surface area contributed by atoms with Crippen LogP contribution in [0.5, 0.6) is 0 Å². The van der Waals surface area contributed by atoms with E-state index in [1.54, 1.807) is 0 Å². The van der Waals surface area contributed by atoms with Crippen molar-refractivity contribution in [1.29, 1.82) is 0 Å². The third kappa shape index (κ3) is 2.12. The van der Waals surface area contributed by atoms with Gasteiger partial charge < -0.3 is 10.7 Å². The molecular weight excluding hydrogens is 236 g/mol. The van der Waals surface area contributed by atoms with Crippen molar-refractivity contribution in [1.82, 2.24) is 4.98 Å². The predicted octanol–water partition coefficient (Wildman–Crippen LogP) is 2.83. The van der Waals surface area contributed by atoms with Gasteiger partial charge in [-0.25, -0.2) is 4.39 Å². The van der Waals surface area contributed by atoms with Crippen LogP contribution in [-0.2, 0) is 12.6 Å². The van der Waals surface area contributed by atoms with Crippen LogP contribution in [0.25, 0.3) is 10.9 Å². The van der Waals surface area contributed by atoms with Gasteiger partial charge in [-0.1, -0.05) is 0 Å². The third-order valence-electron chi connectivity index (χ3n) is 2.55.